The van der Waals surface area contributed by atoms with E-state index in [0.29, 0.717) is 6.07 Å². The lowest BCUT2D eigenvalue weighted by molar-refractivity contribution is -0.291. The van der Waals surface area contributed by atoms with Crippen LogP contribution in [0.1, 0.15) is 16.7 Å². The lowest BCUT2D eigenvalue weighted by Gasteiger charge is -2.24. The summed E-state index contributed by atoms with van der Waals surface area (Å²) in [5.74, 6) is -5.84. The van der Waals surface area contributed by atoms with E-state index in [-0.39, 0.29) is 17.3 Å². The Labute approximate surface area is 155 Å². The molecule has 0 aliphatic carbocycles. The number of hydrogen-bond acceptors (Lipinski definition) is 4. The van der Waals surface area contributed by atoms with E-state index in [4.69, 9.17) is 5.26 Å². The van der Waals surface area contributed by atoms with Crippen LogP contribution in [0.25, 0.3) is 11.3 Å². The lowest BCUT2D eigenvalue weighted by atomic mass is 9.95. The fourth-order valence-corrected chi connectivity index (χ4v) is 2.59. The molecule has 4 nitrogen and oxygen atoms in total. The van der Waals surface area contributed by atoms with Gasteiger partial charge in [0, 0.05) is 11.1 Å². The van der Waals surface area contributed by atoms with Gasteiger partial charge in [-0.25, -0.2) is 4.98 Å². The van der Waals surface area contributed by atoms with Gasteiger partial charge in [0.15, 0.2) is 5.16 Å². The number of alkyl halides is 8. The molecule has 28 heavy (non-hydrogen) atoms. The molecule has 0 aliphatic heterocycles. The number of hydrogen-bond donors (Lipinski definition) is 1. The predicted octanol–water partition coefficient (Wildman–Crippen LogP) is 4.70. The van der Waals surface area contributed by atoms with Crippen molar-refractivity contribution in [1.29, 1.82) is 5.26 Å². The molecule has 0 amide bonds. The number of nitriles is 1. The smallest absolute Gasteiger partial charge is 0.300 e. The van der Waals surface area contributed by atoms with Crippen LogP contribution in [-0.2, 0) is 12.1 Å². The molecule has 0 radical (unpaired) electrons. The molecule has 2 aromatic rings. The lowest BCUT2D eigenvalue weighted by Crippen LogP contribution is -2.35. The number of halogens is 8. The van der Waals surface area contributed by atoms with Crippen LogP contribution in [0.15, 0.2) is 28.2 Å². The fourth-order valence-electron chi connectivity index (χ4n) is 2.21. The number of H-pyrrole nitrogens is 1. The molecule has 0 aliphatic rings. The number of aromatic amines is 1. The molecule has 0 saturated carbocycles. The van der Waals surface area contributed by atoms with Crippen LogP contribution in [-0.4, -0.2) is 22.4 Å². The summed E-state index contributed by atoms with van der Waals surface area (Å²) < 4.78 is 105. The van der Waals surface area contributed by atoms with Crippen molar-refractivity contribution in [2.24, 2.45) is 0 Å². The van der Waals surface area contributed by atoms with Crippen LogP contribution >= 0.6 is 11.8 Å². The Kier molecular flexibility index (Phi) is 5.48. The molecule has 13 heteroatoms. The van der Waals surface area contributed by atoms with Crippen LogP contribution in [0, 0.1) is 11.3 Å². The molecule has 2 rings (SSSR count). The molecule has 150 valence electrons. The molecule has 0 fully saturated rings. The largest absolute Gasteiger partial charge is 0.458 e. The maximum absolute atomic E-state index is 13.8. The maximum Gasteiger partial charge on any atom is 0.458 e. The Morgan fingerprint density at radius 2 is 1.68 bits per heavy atom. The van der Waals surface area contributed by atoms with Gasteiger partial charge in [0.2, 0.25) is 0 Å². The quantitative estimate of drug-likeness (QED) is 0.436. The molecule has 1 aromatic carbocycles. The average Bonchev–Trinajstić information content (AvgIpc) is 2.58. The van der Waals surface area contributed by atoms with Crippen molar-refractivity contribution in [1.82, 2.24) is 9.97 Å². The highest BCUT2D eigenvalue weighted by molar-refractivity contribution is 7.98. The van der Waals surface area contributed by atoms with Gasteiger partial charge in [0.05, 0.1) is 11.3 Å². The molecule has 1 aromatic heterocycles. The summed E-state index contributed by atoms with van der Waals surface area (Å²) in [5.41, 5.74) is -7.64. The van der Waals surface area contributed by atoms with E-state index < -0.39 is 51.8 Å². The number of nitrogens with zero attached hydrogens (tertiary/aromatic N) is 2. The Morgan fingerprint density at radius 1 is 1.07 bits per heavy atom. The van der Waals surface area contributed by atoms with Crippen molar-refractivity contribution < 1.29 is 35.1 Å². The second kappa shape index (κ2) is 7.08. The minimum Gasteiger partial charge on any atom is -0.300 e. The third kappa shape index (κ3) is 3.82. The summed E-state index contributed by atoms with van der Waals surface area (Å²) in [4.78, 5) is 17.8. The van der Waals surface area contributed by atoms with Crippen LogP contribution in [0.3, 0.4) is 0 Å². The highest BCUT2D eigenvalue weighted by atomic mass is 32.2. The second-order valence-electron chi connectivity index (χ2n) is 5.24. The average molecular weight is 429 g/mol. The normalized spacial score (nSPS) is 12.7. The Balaban J connectivity index is 2.88. The molecule has 0 bridgehead atoms. The zero-order valence-electron chi connectivity index (χ0n) is 13.5. The van der Waals surface area contributed by atoms with Crippen molar-refractivity contribution in [3.63, 3.8) is 0 Å². The van der Waals surface area contributed by atoms with Gasteiger partial charge in [0.25, 0.3) is 5.56 Å². The topological polar surface area (TPSA) is 69.5 Å². The first-order valence-corrected chi connectivity index (χ1v) is 8.21. The molecule has 0 atom stereocenters. The van der Waals surface area contributed by atoms with E-state index in [1.165, 1.54) is 12.3 Å². The summed E-state index contributed by atoms with van der Waals surface area (Å²) >= 11 is 0.848. The van der Waals surface area contributed by atoms with Crippen molar-refractivity contribution in [3.8, 4) is 17.3 Å². The van der Waals surface area contributed by atoms with Gasteiger partial charge in [-0.15, -0.1) is 0 Å². The molecular formula is C15H7F8N3OS. The van der Waals surface area contributed by atoms with Crippen molar-refractivity contribution in [2.45, 2.75) is 23.4 Å². The number of nitrogens with one attached hydrogen (secondary N) is 1. The van der Waals surface area contributed by atoms with Crippen LogP contribution in [0.2, 0.25) is 0 Å². The Hall–Kier alpha value is -2.62. The van der Waals surface area contributed by atoms with Gasteiger partial charge in [-0.2, -0.15) is 40.4 Å². The molecule has 0 spiro atoms. The maximum atomic E-state index is 13.8. The van der Waals surface area contributed by atoms with E-state index in [2.05, 4.69) is 9.97 Å². The second-order valence-corrected chi connectivity index (χ2v) is 6.04. The van der Waals surface area contributed by atoms with E-state index >= 15 is 0 Å². The summed E-state index contributed by atoms with van der Waals surface area (Å²) in [5, 5.41) is 8.92. The summed E-state index contributed by atoms with van der Waals surface area (Å²) in [6, 6.07) is 1.92. The van der Waals surface area contributed by atoms with Crippen LogP contribution in [0.4, 0.5) is 35.1 Å². The van der Waals surface area contributed by atoms with E-state index in [9.17, 15) is 39.9 Å². The SMILES string of the molecule is CSc1nc(-c2ccc(C(F)(F)F)c(C(F)(F)C(F)(F)F)c2)c(C#N)c(=O)[nH]1. The van der Waals surface area contributed by atoms with E-state index in [1.807, 2.05) is 0 Å². The third-order valence-corrected chi connectivity index (χ3v) is 4.08. The van der Waals surface area contributed by atoms with Gasteiger partial charge in [-0.3, -0.25) is 4.79 Å². The zero-order chi connectivity index (χ0) is 21.5. The Bertz CT molecular complexity index is 1000. The van der Waals surface area contributed by atoms with Crippen molar-refractivity contribution in [3.05, 3.63) is 45.2 Å². The highest BCUT2D eigenvalue weighted by Gasteiger charge is 2.61. The minimum absolute atomic E-state index is 0.0209. The zero-order valence-corrected chi connectivity index (χ0v) is 14.3. The standard InChI is InChI=1S/C15H7F8N3OS/c1-28-12-25-10(7(5-24)11(27)26-12)6-2-3-8(14(18,19)20)9(4-6)13(16,17)15(21,22)23/h2-4H,1H3,(H,25,26,27). The van der Waals surface area contributed by atoms with Crippen molar-refractivity contribution in [2.75, 3.05) is 6.26 Å². The highest BCUT2D eigenvalue weighted by Crippen LogP contribution is 2.49. The third-order valence-electron chi connectivity index (χ3n) is 3.50. The minimum atomic E-state index is -6.31. The molecule has 1 N–H and O–H groups in total. The summed E-state index contributed by atoms with van der Waals surface area (Å²) in [6.07, 6.45) is -10.4. The molecule has 1 heterocycles. The van der Waals surface area contributed by atoms with Gasteiger partial charge in [-0.1, -0.05) is 17.8 Å². The van der Waals surface area contributed by atoms with Gasteiger partial charge >= 0.3 is 18.3 Å². The summed E-state index contributed by atoms with van der Waals surface area (Å²) in [6.45, 7) is 0. The summed E-state index contributed by atoms with van der Waals surface area (Å²) in [7, 11) is 0. The first kappa shape index (κ1) is 21.7. The first-order valence-electron chi connectivity index (χ1n) is 6.99. The first-order chi connectivity index (χ1) is 12.7. The Morgan fingerprint density at radius 3 is 2.14 bits per heavy atom. The van der Waals surface area contributed by atoms with E-state index in [1.54, 1.807) is 0 Å². The fraction of sp³-hybridized carbons (Fsp3) is 0.267. The number of aromatic nitrogens is 2. The van der Waals surface area contributed by atoms with Crippen LogP contribution in [0.5, 0.6) is 0 Å². The predicted molar refractivity (Wildman–Crippen MR) is 81.7 cm³/mol. The van der Waals surface area contributed by atoms with E-state index in [0.717, 1.165) is 11.8 Å². The van der Waals surface area contributed by atoms with Crippen molar-refractivity contribution >= 4 is 11.8 Å². The monoisotopic (exact) mass is 429 g/mol. The molecule has 0 unspecified atom stereocenters. The number of thioether (sulfide) groups is 1. The van der Waals surface area contributed by atoms with Gasteiger partial charge in [0.1, 0.15) is 11.6 Å². The van der Waals surface area contributed by atoms with Gasteiger partial charge in [-0.05, 0) is 18.4 Å². The molecular weight excluding hydrogens is 422 g/mol. The molecule has 0 saturated heterocycles. The number of benzene rings is 1. The van der Waals surface area contributed by atoms with Gasteiger partial charge < -0.3 is 4.98 Å². The number of rotatable bonds is 3. The van der Waals surface area contributed by atoms with Crippen LogP contribution < -0.4 is 5.56 Å².